The van der Waals surface area contributed by atoms with Crippen LogP contribution < -0.4 is 11.1 Å². The van der Waals surface area contributed by atoms with E-state index in [-0.39, 0.29) is 35.9 Å². The van der Waals surface area contributed by atoms with E-state index in [1.165, 1.54) is 57.8 Å². The zero-order chi connectivity index (χ0) is 15.3. The van der Waals surface area contributed by atoms with Crippen LogP contribution in [-0.4, -0.2) is 37.0 Å². The molecular formula is C17H32IN3O2. The maximum absolute atomic E-state index is 6.20. The number of aliphatic imine (C=N–C) groups is 1. The average Bonchev–Trinajstić information content (AvgIpc) is 2.78. The minimum Gasteiger partial charge on any atom is -0.370 e. The molecule has 0 amide bonds. The molecule has 3 aliphatic rings. The quantitative estimate of drug-likeness (QED) is 0.404. The molecule has 6 heteroatoms. The fourth-order valence-electron chi connectivity index (χ4n) is 3.94. The fourth-order valence-corrected chi connectivity index (χ4v) is 3.94. The minimum atomic E-state index is -0.317. The van der Waals surface area contributed by atoms with Gasteiger partial charge in [-0.3, -0.25) is 4.99 Å². The van der Waals surface area contributed by atoms with Gasteiger partial charge in [-0.1, -0.05) is 32.1 Å². The summed E-state index contributed by atoms with van der Waals surface area (Å²) in [5, 5.41) is 3.36. The van der Waals surface area contributed by atoms with Gasteiger partial charge in [0.2, 0.25) is 0 Å². The van der Waals surface area contributed by atoms with Crippen molar-refractivity contribution < 1.29 is 9.47 Å². The Bertz CT molecular complexity index is 378. The lowest BCUT2D eigenvalue weighted by atomic mass is 9.96. The standard InChI is InChI=1S/C17H31N3O2.HI/c18-16(20-14-8-4-3-5-9-14)19-12-15-13-21-17(22-15)10-6-1-2-7-11-17;/h14-15H,1-13H2,(H3,18,19,20);1H. The van der Waals surface area contributed by atoms with Crippen LogP contribution >= 0.6 is 24.0 Å². The van der Waals surface area contributed by atoms with E-state index >= 15 is 0 Å². The summed E-state index contributed by atoms with van der Waals surface area (Å²) in [5.41, 5.74) is 6.02. The van der Waals surface area contributed by atoms with Crippen LogP contribution in [0.5, 0.6) is 0 Å². The second-order valence-electron chi connectivity index (χ2n) is 7.08. The SMILES string of the molecule is I.NC(=NCC1COC2(CCCCCC2)O1)NC1CCCCC1. The number of guanidine groups is 1. The monoisotopic (exact) mass is 437 g/mol. The van der Waals surface area contributed by atoms with E-state index < -0.39 is 0 Å². The molecule has 2 saturated carbocycles. The van der Waals surface area contributed by atoms with Crippen LogP contribution in [0.25, 0.3) is 0 Å². The topological polar surface area (TPSA) is 68.9 Å². The van der Waals surface area contributed by atoms with Gasteiger partial charge < -0.3 is 20.5 Å². The van der Waals surface area contributed by atoms with Gasteiger partial charge in [-0.25, -0.2) is 0 Å². The normalized spacial score (nSPS) is 29.0. The van der Waals surface area contributed by atoms with Crippen molar-refractivity contribution in [2.45, 2.75) is 88.6 Å². The van der Waals surface area contributed by atoms with Crippen molar-refractivity contribution in [3.8, 4) is 0 Å². The van der Waals surface area contributed by atoms with Crippen LogP contribution in [-0.2, 0) is 9.47 Å². The summed E-state index contributed by atoms with van der Waals surface area (Å²) in [6.45, 7) is 1.26. The Morgan fingerprint density at radius 3 is 2.39 bits per heavy atom. The molecule has 0 radical (unpaired) electrons. The molecule has 3 fully saturated rings. The highest BCUT2D eigenvalue weighted by atomic mass is 127. The highest BCUT2D eigenvalue weighted by Gasteiger charge is 2.41. The average molecular weight is 437 g/mol. The third-order valence-electron chi connectivity index (χ3n) is 5.20. The second kappa shape index (κ2) is 9.42. The van der Waals surface area contributed by atoms with E-state index in [0.29, 0.717) is 25.2 Å². The summed E-state index contributed by atoms with van der Waals surface area (Å²) in [7, 11) is 0. The Morgan fingerprint density at radius 2 is 1.70 bits per heavy atom. The second-order valence-corrected chi connectivity index (χ2v) is 7.08. The highest BCUT2D eigenvalue weighted by Crippen LogP contribution is 2.36. The summed E-state index contributed by atoms with van der Waals surface area (Å²) >= 11 is 0. The van der Waals surface area contributed by atoms with E-state index in [1.54, 1.807) is 0 Å². The molecule has 1 unspecified atom stereocenters. The number of rotatable bonds is 3. The van der Waals surface area contributed by atoms with Crippen molar-refractivity contribution in [3.63, 3.8) is 0 Å². The number of hydrogen-bond acceptors (Lipinski definition) is 3. The number of ether oxygens (including phenoxy) is 2. The predicted molar refractivity (Wildman–Crippen MR) is 103 cm³/mol. The Kier molecular flexibility index (Phi) is 7.88. The Balaban J connectivity index is 0.00000192. The van der Waals surface area contributed by atoms with Gasteiger partial charge in [-0.05, 0) is 25.7 Å². The number of hydrogen-bond donors (Lipinski definition) is 2. The van der Waals surface area contributed by atoms with Crippen LogP contribution in [0.15, 0.2) is 4.99 Å². The first-order valence-corrected chi connectivity index (χ1v) is 9.14. The maximum Gasteiger partial charge on any atom is 0.188 e. The molecule has 1 aliphatic heterocycles. The van der Waals surface area contributed by atoms with Gasteiger partial charge in [0.15, 0.2) is 11.7 Å². The van der Waals surface area contributed by atoms with Crippen LogP contribution in [0, 0.1) is 0 Å². The molecule has 0 bridgehead atoms. The number of nitrogens with one attached hydrogen (secondary N) is 1. The van der Waals surface area contributed by atoms with Gasteiger partial charge in [0.1, 0.15) is 6.10 Å². The molecule has 0 aromatic carbocycles. The maximum atomic E-state index is 6.20. The summed E-state index contributed by atoms with van der Waals surface area (Å²) in [5.74, 6) is 0.250. The molecule has 0 aromatic heterocycles. The number of nitrogens with zero attached hydrogens (tertiary/aromatic N) is 1. The molecule has 1 heterocycles. The zero-order valence-corrected chi connectivity index (χ0v) is 16.4. The lowest BCUT2D eigenvalue weighted by Crippen LogP contribution is -2.41. The Labute approximate surface area is 157 Å². The van der Waals surface area contributed by atoms with Crippen LogP contribution in [0.4, 0.5) is 0 Å². The molecule has 1 spiro atoms. The van der Waals surface area contributed by atoms with Gasteiger partial charge in [-0.2, -0.15) is 0 Å². The van der Waals surface area contributed by atoms with Crippen LogP contribution in [0.2, 0.25) is 0 Å². The van der Waals surface area contributed by atoms with Gasteiger partial charge in [0, 0.05) is 18.9 Å². The van der Waals surface area contributed by atoms with E-state index in [4.69, 9.17) is 15.2 Å². The van der Waals surface area contributed by atoms with Crippen molar-refractivity contribution in [2.24, 2.45) is 10.7 Å². The lowest BCUT2D eigenvalue weighted by molar-refractivity contribution is -0.174. The van der Waals surface area contributed by atoms with Crippen LogP contribution in [0.1, 0.15) is 70.6 Å². The molecule has 134 valence electrons. The van der Waals surface area contributed by atoms with Crippen molar-refractivity contribution in [1.82, 2.24) is 5.32 Å². The largest absolute Gasteiger partial charge is 0.370 e. The molecule has 1 saturated heterocycles. The van der Waals surface area contributed by atoms with Crippen molar-refractivity contribution in [1.29, 1.82) is 0 Å². The van der Waals surface area contributed by atoms with E-state index in [0.717, 1.165) is 12.8 Å². The van der Waals surface area contributed by atoms with Gasteiger partial charge in [0.05, 0.1) is 13.2 Å². The summed E-state index contributed by atoms with van der Waals surface area (Å²) in [6.07, 6.45) is 13.5. The summed E-state index contributed by atoms with van der Waals surface area (Å²) < 4.78 is 12.2. The first-order chi connectivity index (χ1) is 10.8. The van der Waals surface area contributed by atoms with Crippen molar-refractivity contribution in [3.05, 3.63) is 0 Å². The molecule has 0 aromatic rings. The van der Waals surface area contributed by atoms with Crippen LogP contribution in [0.3, 0.4) is 0 Å². The smallest absolute Gasteiger partial charge is 0.188 e. The Hall–Kier alpha value is -0.0800. The predicted octanol–water partition coefficient (Wildman–Crippen LogP) is 3.31. The first-order valence-electron chi connectivity index (χ1n) is 9.14. The molecule has 3 N–H and O–H groups in total. The molecule has 3 rings (SSSR count). The van der Waals surface area contributed by atoms with Crippen molar-refractivity contribution >= 4 is 29.9 Å². The third-order valence-corrected chi connectivity index (χ3v) is 5.20. The molecule has 2 aliphatic carbocycles. The minimum absolute atomic E-state index is 0. The summed E-state index contributed by atoms with van der Waals surface area (Å²) in [4.78, 5) is 4.48. The molecule has 1 atom stereocenters. The fraction of sp³-hybridized carbons (Fsp3) is 0.941. The molecule has 23 heavy (non-hydrogen) atoms. The Morgan fingerprint density at radius 1 is 1.04 bits per heavy atom. The zero-order valence-electron chi connectivity index (χ0n) is 14.1. The lowest BCUT2D eigenvalue weighted by Gasteiger charge is -2.26. The number of halogens is 1. The first kappa shape index (κ1) is 19.2. The summed E-state index contributed by atoms with van der Waals surface area (Å²) in [6, 6.07) is 0.506. The van der Waals surface area contributed by atoms with E-state index in [2.05, 4.69) is 10.3 Å². The van der Waals surface area contributed by atoms with Crippen molar-refractivity contribution in [2.75, 3.05) is 13.2 Å². The third kappa shape index (κ3) is 5.74. The van der Waals surface area contributed by atoms with Gasteiger partial charge in [0.25, 0.3) is 0 Å². The molecule has 5 nitrogen and oxygen atoms in total. The molecular weight excluding hydrogens is 405 g/mol. The highest BCUT2D eigenvalue weighted by molar-refractivity contribution is 14.0. The van der Waals surface area contributed by atoms with E-state index in [9.17, 15) is 0 Å². The number of nitrogens with two attached hydrogens (primary N) is 1. The van der Waals surface area contributed by atoms with E-state index in [1.807, 2.05) is 0 Å². The van der Waals surface area contributed by atoms with Gasteiger partial charge >= 0.3 is 0 Å². The van der Waals surface area contributed by atoms with Gasteiger partial charge in [-0.15, -0.1) is 24.0 Å².